The Balaban J connectivity index is 1.55. The van der Waals surface area contributed by atoms with Gasteiger partial charge in [0.15, 0.2) is 0 Å². The van der Waals surface area contributed by atoms with E-state index in [-0.39, 0.29) is 29.2 Å². The van der Waals surface area contributed by atoms with Crippen molar-refractivity contribution in [3.63, 3.8) is 0 Å². The van der Waals surface area contributed by atoms with Crippen LogP contribution >= 0.6 is 0 Å². The fraction of sp³-hybridized carbons (Fsp3) is 0.333. The molecular weight excluding hydrogens is 390 g/mol. The Bertz CT molecular complexity index is 951. The maximum absolute atomic E-state index is 12.4. The fourth-order valence-corrected chi connectivity index (χ4v) is 4.29. The van der Waals surface area contributed by atoms with E-state index in [1.807, 2.05) is 30.3 Å². The Hall–Kier alpha value is -2.71. The van der Waals surface area contributed by atoms with Crippen molar-refractivity contribution in [2.24, 2.45) is 5.92 Å². The molecule has 8 heteroatoms. The van der Waals surface area contributed by atoms with Crippen LogP contribution < -0.4 is 10.0 Å². The quantitative estimate of drug-likeness (QED) is 0.757. The molecule has 2 amide bonds. The highest BCUT2D eigenvalue weighted by atomic mass is 32.2. The summed E-state index contributed by atoms with van der Waals surface area (Å²) in [5.74, 6) is -0.228. The average molecular weight is 416 g/mol. The lowest BCUT2D eigenvalue weighted by Gasteiger charge is -2.30. The summed E-state index contributed by atoms with van der Waals surface area (Å²) in [7, 11) is -3.64. The number of benzene rings is 2. The van der Waals surface area contributed by atoms with Crippen molar-refractivity contribution in [1.82, 2.24) is 9.62 Å². The molecule has 1 aliphatic rings. The highest BCUT2D eigenvalue weighted by Crippen LogP contribution is 2.20. The van der Waals surface area contributed by atoms with Crippen LogP contribution in [-0.4, -0.2) is 38.2 Å². The van der Waals surface area contributed by atoms with E-state index in [1.165, 1.54) is 19.1 Å². The smallest absolute Gasteiger partial charge is 0.240 e. The van der Waals surface area contributed by atoms with Crippen molar-refractivity contribution in [2.45, 2.75) is 31.2 Å². The van der Waals surface area contributed by atoms with Gasteiger partial charge in [-0.05, 0) is 42.7 Å². The normalized spacial score (nSPS) is 15.1. The minimum atomic E-state index is -3.64. The van der Waals surface area contributed by atoms with Gasteiger partial charge in [-0.15, -0.1) is 0 Å². The van der Waals surface area contributed by atoms with Gasteiger partial charge in [0, 0.05) is 38.2 Å². The predicted molar refractivity (Wildman–Crippen MR) is 111 cm³/mol. The number of sulfonamides is 1. The van der Waals surface area contributed by atoms with Gasteiger partial charge in [0.2, 0.25) is 21.8 Å². The van der Waals surface area contributed by atoms with E-state index >= 15 is 0 Å². The van der Waals surface area contributed by atoms with E-state index in [4.69, 9.17) is 0 Å². The number of amides is 2. The molecule has 154 valence electrons. The van der Waals surface area contributed by atoms with Crippen molar-refractivity contribution in [2.75, 3.05) is 18.4 Å². The molecule has 2 N–H and O–H groups in total. The number of piperidine rings is 1. The summed E-state index contributed by atoms with van der Waals surface area (Å²) in [5.41, 5.74) is 1.42. The largest absolute Gasteiger partial charge is 0.343 e. The molecule has 0 aliphatic carbocycles. The fourth-order valence-electron chi connectivity index (χ4n) is 3.28. The van der Waals surface area contributed by atoms with E-state index in [0.29, 0.717) is 31.6 Å². The van der Waals surface area contributed by atoms with Crippen LogP contribution in [0.4, 0.5) is 5.69 Å². The standard InChI is InChI=1S/C21H25N3O4S/c1-16(25)24-13-11-18(12-14-24)21(26)23-19-7-9-20(10-8-19)29(27,28)22-15-17-5-3-2-4-6-17/h2-10,18,22H,11-15H2,1H3,(H,23,26). The van der Waals surface area contributed by atoms with Crippen LogP contribution in [0.3, 0.4) is 0 Å². The monoisotopic (exact) mass is 415 g/mol. The van der Waals surface area contributed by atoms with Crippen molar-refractivity contribution < 1.29 is 18.0 Å². The number of hydrogen-bond acceptors (Lipinski definition) is 4. The molecule has 0 bridgehead atoms. The zero-order valence-electron chi connectivity index (χ0n) is 16.3. The Morgan fingerprint density at radius 3 is 2.21 bits per heavy atom. The second-order valence-corrected chi connectivity index (χ2v) is 8.87. The van der Waals surface area contributed by atoms with Crippen molar-refractivity contribution in [3.05, 3.63) is 60.2 Å². The van der Waals surface area contributed by atoms with Gasteiger partial charge in [-0.1, -0.05) is 30.3 Å². The van der Waals surface area contributed by atoms with Gasteiger partial charge in [-0.3, -0.25) is 9.59 Å². The summed E-state index contributed by atoms with van der Waals surface area (Å²) in [6, 6.07) is 15.4. The van der Waals surface area contributed by atoms with E-state index in [1.54, 1.807) is 17.0 Å². The molecule has 2 aromatic carbocycles. The molecule has 1 aliphatic heterocycles. The Kier molecular flexibility index (Phi) is 6.66. The van der Waals surface area contributed by atoms with Gasteiger partial charge in [0.25, 0.3) is 0 Å². The average Bonchev–Trinajstić information content (AvgIpc) is 2.73. The minimum absolute atomic E-state index is 0.0292. The molecule has 1 saturated heterocycles. The number of nitrogens with one attached hydrogen (secondary N) is 2. The number of hydrogen-bond donors (Lipinski definition) is 2. The molecule has 0 unspecified atom stereocenters. The molecule has 29 heavy (non-hydrogen) atoms. The van der Waals surface area contributed by atoms with E-state index in [0.717, 1.165) is 5.56 Å². The lowest BCUT2D eigenvalue weighted by atomic mass is 9.96. The van der Waals surface area contributed by atoms with Gasteiger partial charge in [-0.2, -0.15) is 0 Å². The number of rotatable bonds is 6. The highest BCUT2D eigenvalue weighted by Gasteiger charge is 2.26. The third kappa shape index (κ3) is 5.65. The summed E-state index contributed by atoms with van der Waals surface area (Å²) in [6.07, 6.45) is 1.25. The lowest BCUT2D eigenvalue weighted by molar-refractivity contribution is -0.132. The number of carbonyl (C=O) groups excluding carboxylic acids is 2. The molecule has 7 nitrogen and oxygen atoms in total. The minimum Gasteiger partial charge on any atom is -0.343 e. The van der Waals surface area contributed by atoms with Crippen LogP contribution in [0.1, 0.15) is 25.3 Å². The SMILES string of the molecule is CC(=O)N1CCC(C(=O)Nc2ccc(S(=O)(=O)NCc3ccccc3)cc2)CC1. The number of likely N-dealkylation sites (tertiary alicyclic amines) is 1. The molecule has 0 atom stereocenters. The zero-order valence-corrected chi connectivity index (χ0v) is 17.1. The first kappa shape index (κ1) is 21.0. The van der Waals surface area contributed by atoms with Crippen LogP contribution in [0.2, 0.25) is 0 Å². The molecule has 0 aromatic heterocycles. The van der Waals surface area contributed by atoms with Crippen molar-refractivity contribution in [1.29, 1.82) is 0 Å². The molecule has 0 spiro atoms. The summed E-state index contributed by atoms with van der Waals surface area (Å²) in [4.78, 5) is 25.7. The van der Waals surface area contributed by atoms with Gasteiger partial charge in [0.1, 0.15) is 0 Å². The number of carbonyl (C=O) groups is 2. The molecular formula is C21H25N3O4S. The second kappa shape index (κ2) is 9.19. The summed E-state index contributed by atoms with van der Waals surface area (Å²) in [5, 5.41) is 2.83. The zero-order chi connectivity index (χ0) is 20.9. The van der Waals surface area contributed by atoms with Crippen molar-refractivity contribution in [3.8, 4) is 0 Å². The molecule has 1 heterocycles. The number of nitrogens with zero attached hydrogens (tertiary/aromatic N) is 1. The summed E-state index contributed by atoms with van der Waals surface area (Å²) >= 11 is 0. The maximum Gasteiger partial charge on any atom is 0.240 e. The van der Waals surface area contributed by atoms with E-state index in [9.17, 15) is 18.0 Å². The molecule has 0 radical (unpaired) electrons. The van der Waals surface area contributed by atoms with Gasteiger partial charge >= 0.3 is 0 Å². The Morgan fingerprint density at radius 1 is 1.00 bits per heavy atom. The van der Waals surface area contributed by atoms with Crippen LogP contribution in [0.15, 0.2) is 59.5 Å². The van der Waals surface area contributed by atoms with Crippen LogP contribution in [0, 0.1) is 5.92 Å². The summed E-state index contributed by atoms with van der Waals surface area (Å²) in [6.45, 7) is 2.90. The topological polar surface area (TPSA) is 95.6 Å². The van der Waals surface area contributed by atoms with E-state index in [2.05, 4.69) is 10.0 Å². The maximum atomic E-state index is 12.4. The van der Waals surface area contributed by atoms with Gasteiger partial charge in [-0.25, -0.2) is 13.1 Å². The van der Waals surface area contributed by atoms with Gasteiger partial charge < -0.3 is 10.2 Å². The van der Waals surface area contributed by atoms with Gasteiger partial charge in [0.05, 0.1) is 4.90 Å². The third-order valence-electron chi connectivity index (χ3n) is 5.05. The Labute approximate surface area is 171 Å². The Morgan fingerprint density at radius 2 is 1.62 bits per heavy atom. The highest BCUT2D eigenvalue weighted by molar-refractivity contribution is 7.89. The third-order valence-corrected chi connectivity index (χ3v) is 6.47. The lowest BCUT2D eigenvalue weighted by Crippen LogP contribution is -2.40. The van der Waals surface area contributed by atoms with Crippen LogP contribution in [0.5, 0.6) is 0 Å². The van der Waals surface area contributed by atoms with Crippen LogP contribution in [-0.2, 0) is 26.2 Å². The molecule has 3 rings (SSSR count). The first-order chi connectivity index (χ1) is 13.8. The van der Waals surface area contributed by atoms with E-state index < -0.39 is 10.0 Å². The second-order valence-electron chi connectivity index (χ2n) is 7.10. The van der Waals surface area contributed by atoms with Crippen molar-refractivity contribution >= 4 is 27.5 Å². The first-order valence-electron chi connectivity index (χ1n) is 9.55. The van der Waals surface area contributed by atoms with Crippen LogP contribution in [0.25, 0.3) is 0 Å². The molecule has 0 saturated carbocycles. The summed E-state index contributed by atoms with van der Waals surface area (Å²) < 4.78 is 27.5. The molecule has 2 aromatic rings. The predicted octanol–water partition coefficient (Wildman–Crippen LogP) is 2.36. The number of anilines is 1. The first-order valence-corrected chi connectivity index (χ1v) is 11.0. The molecule has 1 fully saturated rings.